The number of amides is 1. The van der Waals surface area contributed by atoms with Crippen LogP contribution in [0, 0.1) is 0 Å². The molecule has 2 aliphatic rings. The van der Waals surface area contributed by atoms with Crippen molar-refractivity contribution in [2.45, 2.75) is 31.7 Å². The summed E-state index contributed by atoms with van der Waals surface area (Å²) in [6.45, 7) is 3.53. The van der Waals surface area contributed by atoms with E-state index < -0.39 is 0 Å². The minimum absolute atomic E-state index is 0.0321. The number of hydrogen-bond donors (Lipinski definition) is 1. The normalized spacial score (nSPS) is 19.0. The summed E-state index contributed by atoms with van der Waals surface area (Å²) in [7, 11) is 1.64. The van der Waals surface area contributed by atoms with E-state index in [1.54, 1.807) is 7.11 Å². The topological polar surface area (TPSA) is 61.5 Å². The lowest BCUT2D eigenvalue weighted by molar-refractivity contribution is 0.0568. The molecule has 0 radical (unpaired) electrons. The van der Waals surface area contributed by atoms with Crippen LogP contribution >= 0.6 is 0 Å². The Morgan fingerprint density at radius 3 is 2.62 bits per heavy atom. The second kappa shape index (κ2) is 7.50. The van der Waals surface area contributed by atoms with Crippen molar-refractivity contribution >= 4 is 5.91 Å². The van der Waals surface area contributed by atoms with E-state index in [0.717, 1.165) is 49.2 Å². The van der Waals surface area contributed by atoms with Crippen molar-refractivity contribution < 1.29 is 9.53 Å². The van der Waals surface area contributed by atoms with Crippen LogP contribution in [-0.2, 0) is 0 Å². The molecule has 1 amide bonds. The van der Waals surface area contributed by atoms with Gasteiger partial charge in [-0.3, -0.25) is 14.8 Å². The molecule has 1 aliphatic heterocycles. The Labute approximate surface area is 154 Å². The number of aromatic nitrogens is 2. The van der Waals surface area contributed by atoms with Crippen LogP contribution in [0.25, 0.3) is 11.3 Å². The number of nitrogens with zero attached hydrogens (tertiary/aromatic N) is 3. The number of piperazine rings is 1. The van der Waals surface area contributed by atoms with Crippen molar-refractivity contribution in [1.82, 2.24) is 20.0 Å². The predicted octanol–water partition coefficient (Wildman–Crippen LogP) is 2.79. The third-order valence-electron chi connectivity index (χ3n) is 5.63. The molecule has 6 heteroatoms. The average molecular weight is 354 g/mol. The number of nitrogens with one attached hydrogen (secondary N) is 1. The van der Waals surface area contributed by atoms with E-state index in [4.69, 9.17) is 4.74 Å². The molecule has 1 N–H and O–H groups in total. The lowest BCUT2D eigenvalue weighted by atomic mass is 10.1. The largest absolute Gasteiger partial charge is 0.496 e. The number of methoxy groups -OCH3 is 1. The molecule has 1 aliphatic carbocycles. The Bertz CT molecular complexity index is 759. The second-order valence-corrected chi connectivity index (χ2v) is 7.13. The molecule has 1 aromatic carbocycles. The van der Waals surface area contributed by atoms with Gasteiger partial charge in [0.25, 0.3) is 5.91 Å². The van der Waals surface area contributed by atoms with Gasteiger partial charge in [0.05, 0.1) is 12.8 Å². The van der Waals surface area contributed by atoms with Gasteiger partial charge in [-0.05, 0) is 31.0 Å². The fourth-order valence-electron chi connectivity index (χ4n) is 4.16. The van der Waals surface area contributed by atoms with Gasteiger partial charge in [-0.1, -0.05) is 25.0 Å². The van der Waals surface area contributed by atoms with Crippen molar-refractivity contribution in [3.8, 4) is 17.0 Å². The van der Waals surface area contributed by atoms with Crippen LogP contribution in [0.3, 0.4) is 0 Å². The summed E-state index contributed by atoms with van der Waals surface area (Å²) in [6, 6.07) is 10.3. The summed E-state index contributed by atoms with van der Waals surface area (Å²) in [4.78, 5) is 17.3. The van der Waals surface area contributed by atoms with Gasteiger partial charge in [0.1, 0.15) is 11.4 Å². The molecule has 0 bridgehead atoms. The van der Waals surface area contributed by atoms with E-state index in [1.165, 1.54) is 25.7 Å². The minimum Gasteiger partial charge on any atom is -0.496 e. The van der Waals surface area contributed by atoms with Crippen LogP contribution in [0.2, 0.25) is 0 Å². The van der Waals surface area contributed by atoms with Crippen LogP contribution < -0.4 is 4.74 Å². The standard InChI is InChI=1S/C20H26N4O2/c1-26-19-9-5-4-8-16(19)17-14-18(22-21-17)20(25)24-12-10-23(11-13-24)15-6-2-3-7-15/h4-5,8-9,14-15H,2-3,6-7,10-13H2,1H3,(H,21,22). The molecule has 1 aromatic heterocycles. The van der Waals surface area contributed by atoms with Crippen LogP contribution in [0.1, 0.15) is 36.2 Å². The van der Waals surface area contributed by atoms with Gasteiger partial charge < -0.3 is 9.64 Å². The van der Waals surface area contributed by atoms with Gasteiger partial charge in [-0.15, -0.1) is 0 Å². The van der Waals surface area contributed by atoms with E-state index in [2.05, 4.69) is 15.1 Å². The van der Waals surface area contributed by atoms with Gasteiger partial charge in [-0.25, -0.2) is 0 Å². The van der Waals surface area contributed by atoms with Crippen molar-refractivity contribution in [2.75, 3.05) is 33.3 Å². The molecule has 0 atom stereocenters. The first-order valence-electron chi connectivity index (χ1n) is 9.48. The third-order valence-corrected chi connectivity index (χ3v) is 5.63. The molecular formula is C20H26N4O2. The number of rotatable bonds is 4. The first-order valence-corrected chi connectivity index (χ1v) is 9.48. The molecule has 0 unspecified atom stereocenters. The van der Waals surface area contributed by atoms with Crippen molar-refractivity contribution in [3.05, 3.63) is 36.0 Å². The lowest BCUT2D eigenvalue weighted by Crippen LogP contribution is -2.51. The number of hydrogen-bond acceptors (Lipinski definition) is 4. The predicted molar refractivity (Wildman–Crippen MR) is 100 cm³/mol. The number of carbonyl (C=O) groups is 1. The monoisotopic (exact) mass is 354 g/mol. The lowest BCUT2D eigenvalue weighted by Gasteiger charge is -2.37. The van der Waals surface area contributed by atoms with E-state index in [9.17, 15) is 4.79 Å². The average Bonchev–Trinajstić information content (AvgIpc) is 3.39. The number of aromatic amines is 1. The minimum atomic E-state index is 0.0321. The molecule has 2 aromatic rings. The molecule has 6 nitrogen and oxygen atoms in total. The van der Waals surface area contributed by atoms with E-state index in [0.29, 0.717) is 5.69 Å². The summed E-state index contributed by atoms with van der Waals surface area (Å²) in [5, 5.41) is 7.23. The van der Waals surface area contributed by atoms with E-state index in [-0.39, 0.29) is 5.91 Å². The highest BCUT2D eigenvalue weighted by molar-refractivity contribution is 5.93. The van der Waals surface area contributed by atoms with Gasteiger partial charge >= 0.3 is 0 Å². The SMILES string of the molecule is COc1ccccc1-c1cc(C(=O)N2CCN(C3CCCC3)CC2)[nH]n1. The van der Waals surface area contributed by atoms with Crippen molar-refractivity contribution in [3.63, 3.8) is 0 Å². The van der Waals surface area contributed by atoms with Crippen LogP contribution in [0.15, 0.2) is 30.3 Å². The van der Waals surface area contributed by atoms with Crippen LogP contribution in [0.5, 0.6) is 5.75 Å². The summed E-state index contributed by atoms with van der Waals surface area (Å²) >= 11 is 0. The summed E-state index contributed by atoms with van der Waals surface area (Å²) < 4.78 is 5.39. The summed E-state index contributed by atoms with van der Waals surface area (Å²) in [6.07, 6.45) is 5.33. The van der Waals surface area contributed by atoms with E-state index >= 15 is 0 Å². The Morgan fingerprint density at radius 1 is 1.15 bits per heavy atom. The molecule has 2 fully saturated rings. The highest BCUT2D eigenvalue weighted by atomic mass is 16.5. The summed E-state index contributed by atoms with van der Waals surface area (Å²) in [5.74, 6) is 0.785. The van der Waals surface area contributed by atoms with Gasteiger partial charge in [0.15, 0.2) is 0 Å². The number of ether oxygens (including phenoxy) is 1. The Balaban J connectivity index is 1.42. The van der Waals surface area contributed by atoms with Gasteiger partial charge in [-0.2, -0.15) is 5.10 Å². The fourth-order valence-corrected chi connectivity index (χ4v) is 4.16. The first-order chi connectivity index (χ1) is 12.8. The fraction of sp³-hybridized carbons (Fsp3) is 0.500. The highest BCUT2D eigenvalue weighted by Crippen LogP contribution is 2.29. The van der Waals surface area contributed by atoms with Gasteiger partial charge in [0, 0.05) is 37.8 Å². The van der Waals surface area contributed by atoms with Crippen LogP contribution in [0.4, 0.5) is 0 Å². The quantitative estimate of drug-likeness (QED) is 0.917. The third kappa shape index (κ3) is 3.33. The molecule has 138 valence electrons. The molecule has 2 heterocycles. The first kappa shape index (κ1) is 17.1. The van der Waals surface area contributed by atoms with Gasteiger partial charge in [0.2, 0.25) is 0 Å². The number of H-pyrrole nitrogens is 1. The molecule has 1 saturated heterocycles. The zero-order valence-corrected chi connectivity index (χ0v) is 15.3. The number of carbonyl (C=O) groups excluding carboxylic acids is 1. The van der Waals surface area contributed by atoms with Crippen molar-refractivity contribution in [1.29, 1.82) is 0 Å². The highest BCUT2D eigenvalue weighted by Gasteiger charge is 2.28. The zero-order valence-electron chi connectivity index (χ0n) is 15.3. The maximum atomic E-state index is 12.8. The zero-order chi connectivity index (χ0) is 17.9. The molecular weight excluding hydrogens is 328 g/mol. The molecule has 4 rings (SSSR count). The smallest absolute Gasteiger partial charge is 0.271 e. The molecule has 1 saturated carbocycles. The summed E-state index contributed by atoms with van der Waals surface area (Å²) in [5.41, 5.74) is 2.16. The Kier molecular flexibility index (Phi) is 4.93. The maximum absolute atomic E-state index is 12.8. The van der Waals surface area contributed by atoms with Crippen LogP contribution in [-0.4, -0.2) is 65.2 Å². The maximum Gasteiger partial charge on any atom is 0.271 e. The second-order valence-electron chi connectivity index (χ2n) is 7.13. The number of benzene rings is 1. The number of para-hydroxylation sites is 1. The van der Waals surface area contributed by atoms with Crippen molar-refractivity contribution in [2.24, 2.45) is 0 Å². The molecule has 26 heavy (non-hydrogen) atoms. The Morgan fingerprint density at radius 2 is 1.88 bits per heavy atom. The molecule has 0 spiro atoms. The van der Waals surface area contributed by atoms with E-state index in [1.807, 2.05) is 35.2 Å². The Hall–Kier alpha value is -2.34.